The van der Waals surface area contributed by atoms with Crippen molar-refractivity contribution in [3.8, 4) is 0 Å². The molecule has 4 atom stereocenters. The van der Waals surface area contributed by atoms with Crippen molar-refractivity contribution < 1.29 is 14.3 Å². The summed E-state index contributed by atoms with van der Waals surface area (Å²) in [6.45, 7) is 6.18. The monoisotopic (exact) mass is 487 g/mol. The van der Waals surface area contributed by atoms with Gasteiger partial charge in [-0.2, -0.15) is 0 Å². The van der Waals surface area contributed by atoms with Gasteiger partial charge in [0, 0.05) is 56.4 Å². The van der Waals surface area contributed by atoms with Crippen molar-refractivity contribution in [3.63, 3.8) is 0 Å². The van der Waals surface area contributed by atoms with Gasteiger partial charge in [0.15, 0.2) is 0 Å². The molecule has 182 valence electrons. The van der Waals surface area contributed by atoms with E-state index in [-0.39, 0.29) is 17.7 Å². The predicted molar refractivity (Wildman–Crippen MR) is 129 cm³/mol. The van der Waals surface area contributed by atoms with Gasteiger partial charge >= 0.3 is 0 Å². The van der Waals surface area contributed by atoms with Crippen LogP contribution in [-0.4, -0.2) is 82.8 Å². The van der Waals surface area contributed by atoms with E-state index in [2.05, 4.69) is 26.7 Å². The van der Waals surface area contributed by atoms with E-state index in [1.165, 1.54) is 6.33 Å². The fraction of sp³-hybridized carbons (Fsp3) is 0.560. The highest BCUT2D eigenvalue weighted by atomic mass is 35.5. The molecule has 0 radical (unpaired) electrons. The molecule has 5 rings (SSSR count). The number of aliphatic hydroxyl groups excluding tert-OH is 1. The molecule has 1 N–H and O–H groups in total. The van der Waals surface area contributed by atoms with Gasteiger partial charge in [0.25, 0.3) is 0 Å². The first kappa shape index (κ1) is 23.5. The first-order chi connectivity index (χ1) is 16.4. The Morgan fingerprint density at radius 1 is 1.18 bits per heavy atom. The number of likely N-dealkylation sites (tertiary alicyclic amines) is 1. The second kappa shape index (κ2) is 9.76. The number of anilines is 1. The van der Waals surface area contributed by atoms with Crippen molar-refractivity contribution >= 4 is 23.3 Å². The van der Waals surface area contributed by atoms with Gasteiger partial charge in [-0.3, -0.25) is 9.69 Å². The maximum Gasteiger partial charge on any atom is 0.231 e. The van der Waals surface area contributed by atoms with E-state index >= 15 is 0 Å². The lowest BCUT2D eigenvalue weighted by molar-refractivity contribution is -0.133. The van der Waals surface area contributed by atoms with Gasteiger partial charge in [0.05, 0.1) is 17.7 Å². The molecule has 2 aliphatic heterocycles. The van der Waals surface area contributed by atoms with Crippen LogP contribution in [0.3, 0.4) is 0 Å². The summed E-state index contributed by atoms with van der Waals surface area (Å²) in [6, 6.07) is 7.42. The molecule has 9 heteroatoms. The largest absolute Gasteiger partial charge is 0.387 e. The lowest BCUT2D eigenvalue weighted by Gasteiger charge is -2.38. The summed E-state index contributed by atoms with van der Waals surface area (Å²) in [7, 11) is 0. The summed E-state index contributed by atoms with van der Waals surface area (Å²) >= 11 is 6.08. The van der Waals surface area contributed by atoms with E-state index in [0.29, 0.717) is 63.7 Å². The third kappa shape index (κ3) is 4.63. The highest BCUT2D eigenvalue weighted by Crippen LogP contribution is 2.42. The van der Waals surface area contributed by atoms with Crippen LogP contribution in [0.4, 0.5) is 10.2 Å². The maximum absolute atomic E-state index is 13.8. The highest BCUT2D eigenvalue weighted by Gasteiger charge is 2.36. The number of hydrogen-bond acceptors (Lipinski definition) is 6. The van der Waals surface area contributed by atoms with Crippen molar-refractivity contribution in [1.82, 2.24) is 19.8 Å². The normalized spacial score (nSPS) is 26.1. The number of alkyl halides is 1. The number of amides is 1. The van der Waals surface area contributed by atoms with Crippen molar-refractivity contribution in [2.75, 3.05) is 50.7 Å². The minimum Gasteiger partial charge on any atom is -0.387 e. The minimum atomic E-state index is -0.819. The second-order valence-corrected chi connectivity index (χ2v) is 10.1. The molecule has 1 aromatic heterocycles. The summed E-state index contributed by atoms with van der Waals surface area (Å²) in [6.07, 6.45) is 1.36. The molecule has 0 saturated carbocycles. The van der Waals surface area contributed by atoms with Gasteiger partial charge in [0.2, 0.25) is 5.91 Å². The molecular weight excluding hydrogens is 457 g/mol. The zero-order chi connectivity index (χ0) is 23.8. The number of carbonyl (C=O) groups excluding carboxylic acids is 1. The average molecular weight is 488 g/mol. The number of fused-ring (bicyclic) bond motifs is 1. The topological polar surface area (TPSA) is 72.8 Å². The van der Waals surface area contributed by atoms with Crippen LogP contribution in [-0.2, 0) is 4.79 Å². The number of halogens is 2. The fourth-order valence-electron chi connectivity index (χ4n) is 5.54. The van der Waals surface area contributed by atoms with E-state index in [0.717, 1.165) is 22.6 Å². The summed E-state index contributed by atoms with van der Waals surface area (Å²) in [5, 5.41) is 10.9. The zero-order valence-electron chi connectivity index (χ0n) is 19.4. The van der Waals surface area contributed by atoms with Gasteiger partial charge in [0.1, 0.15) is 18.3 Å². The first-order valence-electron chi connectivity index (χ1n) is 12.1. The van der Waals surface area contributed by atoms with Crippen LogP contribution in [0.2, 0.25) is 5.02 Å². The predicted octanol–water partition coefficient (Wildman–Crippen LogP) is 3.15. The molecule has 2 aromatic rings. The molecule has 0 spiro atoms. The Morgan fingerprint density at radius 2 is 1.91 bits per heavy atom. The highest BCUT2D eigenvalue weighted by molar-refractivity contribution is 6.30. The number of hydrogen-bond donors (Lipinski definition) is 1. The third-order valence-corrected chi connectivity index (χ3v) is 7.65. The number of nitrogens with zero attached hydrogens (tertiary/aromatic N) is 5. The van der Waals surface area contributed by atoms with Gasteiger partial charge < -0.3 is 14.9 Å². The van der Waals surface area contributed by atoms with Gasteiger partial charge in [-0.1, -0.05) is 30.7 Å². The third-order valence-electron chi connectivity index (χ3n) is 7.40. The molecule has 0 bridgehead atoms. The Hall–Kier alpha value is -2.29. The summed E-state index contributed by atoms with van der Waals surface area (Å²) in [5.41, 5.74) is 2.68. The molecule has 3 heterocycles. The second-order valence-electron chi connectivity index (χ2n) is 9.71. The van der Waals surface area contributed by atoms with Crippen molar-refractivity contribution in [3.05, 3.63) is 52.4 Å². The SMILES string of the molecule is C[C@@H]1C[C@@H](O)c2ncnc(N3CCN(C(=O)C(CN4CC[C@H](F)C4)c4ccc(Cl)cc4)CC3)c21. The number of benzene rings is 1. The average Bonchev–Trinajstić information content (AvgIpc) is 3.39. The summed E-state index contributed by atoms with van der Waals surface area (Å²) in [4.78, 5) is 28.7. The molecule has 2 saturated heterocycles. The van der Waals surface area contributed by atoms with Gasteiger partial charge in [-0.25, -0.2) is 14.4 Å². The van der Waals surface area contributed by atoms with Crippen LogP contribution < -0.4 is 4.90 Å². The molecule has 1 unspecified atom stereocenters. The number of piperazine rings is 1. The molecule has 1 aliphatic carbocycles. The lowest BCUT2D eigenvalue weighted by Crippen LogP contribution is -2.51. The zero-order valence-corrected chi connectivity index (χ0v) is 20.2. The van der Waals surface area contributed by atoms with E-state index in [1.54, 1.807) is 0 Å². The molecule has 2 fully saturated rings. The Kier molecular flexibility index (Phi) is 6.73. The Balaban J connectivity index is 1.30. The number of aromatic nitrogens is 2. The smallest absolute Gasteiger partial charge is 0.231 e. The molecular formula is C25H31ClFN5O2. The fourth-order valence-corrected chi connectivity index (χ4v) is 5.67. The molecule has 1 aromatic carbocycles. The quantitative estimate of drug-likeness (QED) is 0.698. The first-order valence-corrected chi connectivity index (χ1v) is 12.5. The molecule has 1 amide bonds. The molecule has 34 heavy (non-hydrogen) atoms. The van der Waals surface area contributed by atoms with E-state index < -0.39 is 12.3 Å². The van der Waals surface area contributed by atoms with Gasteiger partial charge in [-0.15, -0.1) is 0 Å². The maximum atomic E-state index is 13.8. The van der Waals surface area contributed by atoms with Crippen LogP contribution in [0.15, 0.2) is 30.6 Å². The lowest BCUT2D eigenvalue weighted by atomic mass is 9.96. The van der Waals surface area contributed by atoms with E-state index in [4.69, 9.17) is 11.6 Å². The Morgan fingerprint density at radius 3 is 2.59 bits per heavy atom. The van der Waals surface area contributed by atoms with E-state index in [9.17, 15) is 14.3 Å². The van der Waals surface area contributed by atoms with Crippen LogP contribution >= 0.6 is 11.6 Å². The van der Waals surface area contributed by atoms with Gasteiger partial charge in [-0.05, 0) is 36.5 Å². The minimum absolute atomic E-state index is 0.0704. The van der Waals surface area contributed by atoms with Crippen LogP contribution in [0, 0.1) is 0 Å². The van der Waals surface area contributed by atoms with Crippen molar-refractivity contribution in [2.45, 2.75) is 43.9 Å². The Labute approximate surface area is 204 Å². The van der Waals surface area contributed by atoms with Crippen molar-refractivity contribution in [1.29, 1.82) is 0 Å². The van der Waals surface area contributed by atoms with Crippen LogP contribution in [0.25, 0.3) is 0 Å². The van der Waals surface area contributed by atoms with Crippen LogP contribution in [0.1, 0.15) is 54.5 Å². The molecule has 7 nitrogen and oxygen atoms in total. The number of carbonyl (C=O) groups is 1. The van der Waals surface area contributed by atoms with Crippen LogP contribution in [0.5, 0.6) is 0 Å². The van der Waals surface area contributed by atoms with E-state index in [1.807, 2.05) is 29.2 Å². The van der Waals surface area contributed by atoms with Crippen molar-refractivity contribution in [2.24, 2.45) is 0 Å². The number of rotatable bonds is 5. The standard InChI is InChI=1S/C25H31ClFN5O2/c1-16-12-21(33)23-22(16)24(29-15-28-23)31-8-10-32(11-9-31)25(34)20(14-30-7-6-19(27)13-30)17-2-4-18(26)5-3-17/h2-5,15-16,19-21,33H,6-14H2,1H3/t16-,19+,20?,21-/m1/s1. The summed E-state index contributed by atoms with van der Waals surface area (Å²) < 4.78 is 13.8. The Bertz CT molecular complexity index is 1030. The number of aliphatic hydroxyl groups is 1. The summed E-state index contributed by atoms with van der Waals surface area (Å²) in [5.74, 6) is 0.796. The molecule has 3 aliphatic rings.